The molecule has 3 fully saturated rings. The maximum atomic E-state index is 13.3. The molecule has 3 heterocycles. The fourth-order valence-corrected chi connectivity index (χ4v) is 5.15. The second kappa shape index (κ2) is 5.30. The molecule has 4 nitrogen and oxygen atoms in total. The summed E-state index contributed by atoms with van der Waals surface area (Å²) in [5.74, 6) is 0.963. The Bertz CT molecular complexity index is 646. The molecule has 4 rings (SSSR count). The molecule has 0 bridgehead atoms. The van der Waals surface area contributed by atoms with E-state index in [1.54, 1.807) is 0 Å². The summed E-state index contributed by atoms with van der Waals surface area (Å²) >= 11 is 0. The summed E-state index contributed by atoms with van der Waals surface area (Å²) in [5.41, 5.74) is 0.548. The third-order valence-electron chi connectivity index (χ3n) is 6.49. The normalized spacial score (nSPS) is 38.9. The Kier molecular flexibility index (Phi) is 3.56. The standard InChI is InChI=1S/C20H28N2O2/c1-14(2)16-12-24-20(4)17-11-21(10-15-8-6-5-7-9-15)13-19(17,3)18(23)22(16)20/h5-9,14,16-17H,10-13H2,1-4H3/t16-,17-,19+,20-/m1/s1. The van der Waals surface area contributed by atoms with Gasteiger partial charge < -0.3 is 9.64 Å². The van der Waals surface area contributed by atoms with Gasteiger partial charge in [-0.05, 0) is 25.3 Å². The third kappa shape index (κ3) is 2.09. The molecule has 1 aromatic rings. The molecule has 0 saturated carbocycles. The molecule has 0 unspecified atom stereocenters. The number of likely N-dealkylation sites (tertiary alicyclic amines) is 1. The van der Waals surface area contributed by atoms with E-state index >= 15 is 0 Å². The van der Waals surface area contributed by atoms with Crippen molar-refractivity contribution in [2.24, 2.45) is 17.3 Å². The molecule has 24 heavy (non-hydrogen) atoms. The number of carbonyl (C=O) groups is 1. The van der Waals surface area contributed by atoms with Crippen molar-refractivity contribution >= 4 is 5.91 Å². The summed E-state index contributed by atoms with van der Waals surface area (Å²) in [6.45, 7) is 12.0. The summed E-state index contributed by atoms with van der Waals surface area (Å²) in [4.78, 5) is 17.8. The van der Waals surface area contributed by atoms with E-state index in [4.69, 9.17) is 4.74 Å². The van der Waals surface area contributed by atoms with Gasteiger partial charge in [-0.15, -0.1) is 0 Å². The maximum absolute atomic E-state index is 13.3. The summed E-state index contributed by atoms with van der Waals surface area (Å²) < 4.78 is 6.26. The number of benzene rings is 1. The Labute approximate surface area is 144 Å². The van der Waals surface area contributed by atoms with Crippen LogP contribution in [0.15, 0.2) is 30.3 Å². The molecular formula is C20H28N2O2. The molecule has 0 aromatic heterocycles. The van der Waals surface area contributed by atoms with Crippen molar-refractivity contribution in [1.82, 2.24) is 9.80 Å². The Hall–Kier alpha value is -1.39. The minimum absolute atomic E-state index is 0.215. The quantitative estimate of drug-likeness (QED) is 0.855. The van der Waals surface area contributed by atoms with Crippen LogP contribution >= 0.6 is 0 Å². The number of amides is 1. The first-order valence-electron chi connectivity index (χ1n) is 9.10. The SMILES string of the molecule is CC(C)[C@H]1CO[C@]2(C)[C@@H]3CN(Cc4ccccc4)C[C@]3(C)C(=O)N12. The van der Waals surface area contributed by atoms with E-state index in [9.17, 15) is 4.79 Å². The van der Waals surface area contributed by atoms with Crippen LogP contribution in [0.4, 0.5) is 0 Å². The predicted octanol–water partition coefficient (Wildman–Crippen LogP) is 2.74. The van der Waals surface area contributed by atoms with Crippen LogP contribution in [0.2, 0.25) is 0 Å². The van der Waals surface area contributed by atoms with Gasteiger partial charge in [-0.25, -0.2) is 0 Å². The van der Waals surface area contributed by atoms with E-state index in [2.05, 4.69) is 61.8 Å². The second-order valence-electron chi connectivity index (χ2n) is 8.48. The van der Waals surface area contributed by atoms with Crippen molar-refractivity contribution in [3.8, 4) is 0 Å². The van der Waals surface area contributed by atoms with Gasteiger partial charge in [0.2, 0.25) is 5.91 Å². The highest BCUT2D eigenvalue weighted by atomic mass is 16.5. The molecule has 0 aliphatic carbocycles. The zero-order valence-electron chi connectivity index (χ0n) is 15.2. The van der Waals surface area contributed by atoms with Gasteiger partial charge >= 0.3 is 0 Å². The number of ether oxygens (including phenoxy) is 1. The first-order valence-corrected chi connectivity index (χ1v) is 9.10. The van der Waals surface area contributed by atoms with Gasteiger partial charge in [-0.2, -0.15) is 0 Å². The van der Waals surface area contributed by atoms with Crippen LogP contribution in [0.25, 0.3) is 0 Å². The topological polar surface area (TPSA) is 32.8 Å². The summed E-state index contributed by atoms with van der Waals surface area (Å²) in [7, 11) is 0. The molecule has 3 aliphatic heterocycles. The molecule has 4 heteroatoms. The van der Waals surface area contributed by atoms with Gasteiger partial charge in [0, 0.05) is 25.6 Å². The van der Waals surface area contributed by atoms with Crippen molar-refractivity contribution in [3.63, 3.8) is 0 Å². The Balaban J connectivity index is 1.59. The fraction of sp³-hybridized carbons (Fsp3) is 0.650. The number of nitrogens with zero attached hydrogens (tertiary/aromatic N) is 2. The zero-order valence-corrected chi connectivity index (χ0v) is 15.2. The Morgan fingerprint density at radius 2 is 1.96 bits per heavy atom. The van der Waals surface area contributed by atoms with E-state index in [-0.39, 0.29) is 17.4 Å². The van der Waals surface area contributed by atoms with Crippen molar-refractivity contribution in [2.75, 3.05) is 19.7 Å². The van der Waals surface area contributed by atoms with Gasteiger partial charge in [0.25, 0.3) is 0 Å². The van der Waals surface area contributed by atoms with Crippen LogP contribution in [0, 0.1) is 17.3 Å². The van der Waals surface area contributed by atoms with Crippen LogP contribution in [-0.4, -0.2) is 47.2 Å². The third-order valence-corrected chi connectivity index (χ3v) is 6.49. The molecule has 1 amide bonds. The summed E-state index contributed by atoms with van der Waals surface area (Å²) in [6.07, 6.45) is 0. The average Bonchev–Trinajstić information content (AvgIpc) is 3.11. The minimum Gasteiger partial charge on any atom is -0.353 e. The molecule has 1 aromatic carbocycles. The van der Waals surface area contributed by atoms with E-state index in [0.717, 1.165) is 19.6 Å². The van der Waals surface area contributed by atoms with Crippen LogP contribution in [-0.2, 0) is 16.1 Å². The highest BCUT2D eigenvalue weighted by molar-refractivity contribution is 5.87. The molecule has 130 valence electrons. The first-order chi connectivity index (χ1) is 11.4. The van der Waals surface area contributed by atoms with Gasteiger partial charge in [0.1, 0.15) is 5.72 Å². The van der Waals surface area contributed by atoms with E-state index in [1.807, 2.05) is 6.07 Å². The summed E-state index contributed by atoms with van der Waals surface area (Å²) in [6, 6.07) is 10.7. The lowest BCUT2D eigenvalue weighted by Crippen LogP contribution is -2.49. The molecule has 0 spiro atoms. The van der Waals surface area contributed by atoms with Crippen molar-refractivity contribution in [3.05, 3.63) is 35.9 Å². The molecule has 4 atom stereocenters. The molecule has 3 saturated heterocycles. The molecule has 0 radical (unpaired) electrons. The van der Waals surface area contributed by atoms with Gasteiger partial charge in [0.05, 0.1) is 18.1 Å². The fourth-order valence-electron chi connectivity index (χ4n) is 5.15. The van der Waals surface area contributed by atoms with Crippen molar-refractivity contribution in [2.45, 2.75) is 46.0 Å². The van der Waals surface area contributed by atoms with Gasteiger partial charge in [-0.1, -0.05) is 44.2 Å². The maximum Gasteiger partial charge on any atom is 0.232 e. The monoisotopic (exact) mass is 328 g/mol. The van der Waals surface area contributed by atoms with E-state index in [0.29, 0.717) is 18.4 Å². The number of carbonyl (C=O) groups excluding carboxylic acids is 1. The van der Waals surface area contributed by atoms with Crippen LogP contribution in [0.3, 0.4) is 0 Å². The van der Waals surface area contributed by atoms with Crippen molar-refractivity contribution < 1.29 is 9.53 Å². The lowest BCUT2D eigenvalue weighted by molar-refractivity contribution is -0.143. The summed E-state index contributed by atoms with van der Waals surface area (Å²) in [5, 5.41) is 0. The van der Waals surface area contributed by atoms with Crippen LogP contribution < -0.4 is 0 Å². The Morgan fingerprint density at radius 3 is 2.62 bits per heavy atom. The smallest absolute Gasteiger partial charge is 0.232 e. The van der Waals surface area contributed by atoms with Gasteiger partial charge in [-0.3, -0.25) is 9.69 Å². The van der Waals surface area contributed by atoms with Crippen LogP contribution in [0.1, 0.15) is 33.3 Å². The number of rotatable bonds is 3. The number of hydrogen-bond acceptors (Lipinski definition) is 3. The highest BCUT2D eigenvalue weighted by Gasteiger charge is 2.70. The second-order valence-corrected chi connectivity index (χ2v) is 8.48. The van der Waals surface area contributed by atoms with Crippen LogP contribution in [0.5, 0.6) is 0 Å². The van der Waals surface area contributed by atoms with E-state index < -0.39 is 5.72 Å². The first kappa shape index (κ1) is 16.1. The average molecular weight is 328 g/mol. The largest absolute Gasteiger partial charge is 0.353 e. The lowest BCUT2D eigenvalue weighted by atomic mass is 9.78. The Morgan fingerprint density at radius 1 is 1.25 bits per heavy atom. The van der Waals surface area contributed by atoms with Crippen molar-refractivity contribution in [1.29, 1.82) is 0 Å². The number of hydrogen-bond donors (Lipinski definition) is 0. The lowest BCUT2D eigenvalue weighted by Gasteiger charge is -2.35. The zero-order chi connectivity index (χ0) is 17.1. The molecular weight excluding hydrogens is 300 g/mol. The number of fused-ring (bicyclic) bond motifs is 3. The highest BCUT2D eigenvalue weighted by Crippen LogP contribution is 2.56. The predicted molar refractivity (Wildman–Crippen MR) is 93.1 cm³/mol. The van der Waals surface area contributed by atoms with Gasteiger partial charge in [0.15, 0.2) is 0 Å². The van der Waals surface area contributed by atoms with E-state index in [1.165, 1.54) is 5.56 Å². The molecule has 3 aliphatic rings. The molecule has 0 N–H and O–H groups in total. The minimum atomic E-state index is -0.438.